The van der Waals surface area contributed by atoms with Crippen LogP contribution in [0.1, 0.15) is 38.5 Å². The molecule has 6 N–H and O–H groups in total. The van der Waals surface area contributed by atoms with Crippen molar-refractivity contribution in [3.8, 4) is 0 Å². The molecule has 2 rings (SSSR count). The zero-order valence-corrected chi connectivity index (χ0v) is 13.8. The molecule has 2 heterocycles. The Bertz CT molecular complexity index is 593. The van der Waals surface area contributed by atoms with Gasteiger partial charge in [0.15, 0.2) is 0 Å². The molecule has 2 aliphatic rings. The van der Waals surface area contributed by atoms with Crippen molar-refractivity contribution in [3.05, 3.63) is 0 Å². The molecule has 138 valence electrons. The molecule has 3 atom stereocenters. The zero-order valence-electron chi connectivity index (χ0n) is 13.8. The fourth-order valence-electron chi connectivity index (χ4n) is 3.15. The Balaban J connectivity index is 2.07. The number of amides is 5. The summed E-state index contributed by atoms with van der Waals surface area (Å²) in [6, 6.07) is -2.42. The van der Waals surface area contributed by atoms with Crippen molar-refractivity contribution in [1.82, 2.24) is 15.5 Å². The van der Waals surface area contributed by atoms with Gasteiger partial charge in [0.05, 0.1) is 0 Å². The number of hydrogen-bond donors (Lipinski definition) is 4. The Kier molecular flexibility index (Phi) is 5.94. The number of nitrogens with zero attached hydrogens (tertiary/aromatic N) is 1. The number of rotatable bonds is 7. The summed E-state index contributed by atoms with van der Waals surface area (Å²) in [5.41, 5.74) is 10.5. The molecular weight excluding hydrogens is 330 g/mol. The van der Waals surface area contributed by atoms with Gasteiger partial charge in [-0.2, -0.15) is 0 Å². The Hall–Kier alpha value is -2.65. The molecule has 0 spiro atoms. The van der Waals surface area contributed by atoms with Gasteiger partial charge in [0, 0.05) is 19.4 Å². The van der Waals surface area contributed by atoms with Crippen LogP contribution in [0.25, 0.3) is 0 Å². The highest BCUT2D eigenvalue weighted by atomic mass is 16.2. The minimum Gasteiger partial charge on any atom is -0.370 e. The summed E-state index contributed by atoms with van der Waals surface area (Å²) in [6.45, 7) is 0.357. The van der Waals surface area contributed by atoms with Crippen molar-refractivity contribution in [1.29, 1.82) is 0 Å². The van der Waals surface area contributed by atoms with Crippen LogP contribution < -0.4 is 22.1 Å². The van der Waals surface area contributed by atoms with Gasteiger partial charge in [-0.15, -0.1) is 0 Å². The maximum absolute atomic E-state index is 12.8. The lowest BCUT2D eigenvalue weighted by atomic mass is 10.1. The quantitative estimate of drug-likeness (QED) is 0.396. The van der Waals surface area contributed by atoms with E-state index in [9.17, 15) is 24.0 Å². The van der Waals surface area contributed by atoms with Crippen molar-refractivity contribution in [2.45, 2.75) is 56.7 Å². The molecule has 0 radical (unpaired) electrons. The maximum Gasteiger partial charge on any atom is 0.245 e. The molecule has 25 heavy (non-hydrogen) atoms. The molecule has 0 aromatic rings. The van der Waals surface area contributed by atoms with Gasteiger partial charge in [-0.25, -0.2) is 0 Å². The first-order valence-electron chi connectivity index (χ1n) is 8.27. The molecule has 5 amide bonds. The predicted octanol–water partition coefficient (Wildman–Crippen LogP) is -2.51. The van der Waals surface area contributed by atoms with Gasteiger partial charge in [-0.1, -0.05) is 0 Å². The lowest BCUT2D eigenvalue weighted by Crippen LogP contribution is -2.55. The van der Waals surface area contributed by atoms with Crippen molar-refractivity contribution in [2.24, 2.45) is 11.5 Å². The van der Waals surface area contributed by atoms with Gasteiger partial charge in [-0.3, -0.25) is 24.0 Å². The molecular formula is C15H23N5O5. The van der Waals surface area contributed by atoms with E-state index < -0.39 is 41.8 Å². The van der Waals surface area contributed by atoms with E-state index in [1.807, 2.05) is 0 Å². The molecule has 10 heteroatoms. The zero-order chi connectivity index (χ0) is 18.6. The molecule has 2 fully saturated rings. The van der Waals surface area contributed by atoms with E-state index in [1.165, 1.54) is 4.90 Å². The summed E-state index contributed by atoms with van der Waals surface area (Å²) in [5, 5.41) is 5.08. The fraction of sp³-hybridized carbons (Fsp3) is 0.667. The summed E-state index contributed by atoms with van der Waals surface area (Å²) in [6.07, 6.45) is 1.61. The standard InChI is InChI=1S/C15H23N5O5/c16-11(21)5-3-9(19-14(24)8-4-6-12(22)18-8)15(25)20-7-1-2-10(20)13(17)23/h8-10H,1-7H2,(H2,16,21)(H2,17,23)(H,18,22)(H,19,24)/t8-,9-,10-/m0/s1. The Morgan fingerprint density at radius 3 is 2.52 bits per heavy atom. The van der Waals surface area contributed by atoms with Gasteiger partial charge in [-0.05, 0) is 25.7 Å². The second-order valence-corrected chi connectivity index (χ2v) is 6.32. The number of carbonyl (C=O) groups is 5. The molecule has 0 aromatic carbocycles. The minimum absolute atomic E-state index is 0.0164. The smallest absolute Gasteiger partial charge is 0.245 e. The van der Waals surface area contributed by atoms with Crippen LogP contribution in [0.3, 0.4) is 0 Å². The molecule has 0 saturated carbocycles. The minimum atomic E-state index is -1.00. The molecule has 0 aromatic heterocycles. The average molecular weight is 353 g/mol. The molecule has 0 unspecified atom stereocenters. The van der Waals surface area contributed by atoms with E-state index in [0.29, 0.717) is 25.8 Å². The van der Waals surface area contributed by atoms with Crippen molar-refractivity contribution in [3.63, 3.8) is 0 Å². The number of primary amides is 2. The highest BCUT2D eigenvalue weighted by Crippen LogP contribution is 2.19. The predicted molar refractivity (Wildman–Crippen MR) is 85.5 cm³/mol. The van der Waals surface area contributed by atoms with Crippen molar-refractivity contribution in [2.75, 3.05) is 6.54 Å². The second-order valence-electron chi connectivity index (χ2n) is 6.32. The topological polar surface area (TPSA) is 165 Å². The summed E-state index contributed by atoms with van der Waals surface area (Å²) in [4.78, 5) is 60.2. The number of hydrogen-bond acceptors (Lipinski definition) is 5. The van der Waals surface area contributed by atoms with E-state index in [-0.39, 0.29) is 25.2 Å². The van der Waals surface area contributed by atoms with Crippen LogP contribution in [0, 0.1) is 0 Å². The van der Waals surface area contributed by atoms with Gasteiger partial charge in [0.2, 0.25) is 29.5 Å². The van der Waals surface area contributed by atoms with Crippen LogP contribution >= 0.6 is 0 Å². The van der Waals surface area contributed by atoms with Crippen molar-refractivity contribution < 1.29 is 24.0 Å². The molecule has 2 saturated heterocycles. The lowest BCUT2D eigenvalue weighted by molar-refractivity contribution is -0.141. The first-order valence-corrected chi connectivity index (χ1v) is 8.27. The summed E-state index contributed by atoms with van der Waals surface area (Å²) in [5.74, 6) is -2.40. The van der Waals surface area contributed by atoms with Crippen molar-refractivity contribution >= 4 is 29.5 Å². The van der Waals surface area contributed by atoms with E-state index in [4.69, 9.17) is 11.5 Å². The molecule has 10 nitrogen and oxygen atoms in total. The Morgan fingerprint density at radius 2 is 1.96 bits per heavy atom. The maximum atomic E-state index is 12.8. The molecule has 0 aliphatic carbocycles. The molecule has 2 aliphatic heterocycles. The second kappa shape index (κ2) is 7.95. The number of carbonyl (C=O) groups excluding carboxylic acids is 5. The van der Waals surface area contributed by atoms with Crippen LogP contribution in [0.15, 0.2) is 0 Å². The first kappa shape index (κ1) is 18.7. The average Bonchev–Trinajstić information content (AvgIpc) is 3.19. The summed E-state index contributed by atoms with van der Waals surface area (Å²) >= 11 is 0. The van der Waals surface area contributed by atoms with E-state index in [1.54, 1.807) is 0 Å². The van der Waals surface area contributed by atoms with Gasteiger partial charge >= 0.3 is 0 Å². The number of likely N-dealkylation sites (tertiary alicyclic amines) is 1. The number of nitrogens with one attached hydrogen (secondary N) is 2. The van der Waals surface area contributed by atoms with Crippen LogP contribution in [-0.4, -0.2) is 59.1 Å². The van der Waals surface area contributed by atoms with Gasteiger partial charge < -0.3 is 27.0 Å². The largest absolute Gasteiger partial charge is 0.370 e. The third-order valence-electron chi connectivity index (χ3n) is 4.47. The number of nitrogens with two attached hydrogens (primary N) is 2. The van der Waals surface area contributed by atoms with Crippen LogP contribution in [0.5, 0.6) is 0 Å². The Morgan fingerprint density at radius 1 is 1.24 bits per heavy atom. The van der Waals surface area contributed by atoms with E-state index in [2.05, 4.69) is 10.6 Å². The van der Waals surface area contributed by atoms with Gasteiger partial charge in [0.25, 0.3) is 0 Å². The van der Waals surface area contributed by atoms with Crippen LogP contribution in [-0.2, 0) is 24.0 Å². The Labute approximate surface area is 144 Å². The first-order chi connectivity index (χ1) is 11.8. The monoisotopic (exact) mass is 353 g/mol. The SMILES string of the molecule is NC(=O)CC[C@H](NC(=O)[C@@H]1CCC(=O)N1)C(=O)N1CCC[C@H]1C(N)=O. The van der Waals surface area contributed by atoms with E-state index >= 15 is 0 Å². The van der Waals surface area contributed by atoms with E-state index in [0.717, 1.165) is 0 Å². The normalized spacial score (nSPS) is 23.8. The fourth-order valence-corrected chi connectivity index (χ4v) is 3.15. The highest BCUT2D eigenvalue weighted by Gasteiger charge is 2.38. The summed E-state index contributed by atoms with van der Waals surface area (Å²) in [7, 11) is 0. The summed E-state index contributed by atoms with van der Waals surface area (Å²) < 4.78 is 0. The third kappa shape index (κ3) is 4.68. The molecule has 0 bridgehead atoms. The van der Waals surface area contributed by atoms with Gasteiger partial charge in [0.1, 0.15) is 18.1 Å². The third-order valence-corrected chi connectivity index (χ3v) is 4.47. The highest BCUT2D eigenvalue weighted by molar-refractivity contribution is 5.95. The van der Waals surface area contributed by atoms with Crippen LogP contribution in [0.4, 0.5) is 0 Å². The lowest BCUT2D eigenvalue weighted by Gasteiger charge is -2.28. The van der Waals surface area contributed by atoms with Crippen LogP contribution in [0.2, 0.25) is 0 Å².